The van der Waals surface area contributed by atoms with E-state index in [2.05, 4.69) is 22.7 Å². The zero-order chi connectivity index (χ0) is 11.8. The fraction of sp³-hybridized carbons (Fsp3) is 0.769. The highest BCUT2D eigenvalue weighted by molar-refractivity contribution is 5.12. The monoisotopic (exact) mass is 235 g/mol. The average Bonchev–Trinajstić information content (AvgIpc) is 2.72. The Balaban J connectivity index is 1.76. The molecule has 0 saturated carbocycles. The lowest BCUT2D eigenvalue weighted by molar-refractivity contribution is 0.130. The van der Waals surface area contributed by atoms with Crippen LogP contribution in [0.25, 0.3) is 0 Å². The first-order chi connectivity index (χ1) is 8.22. The van der Waals surface area contributed by atoms with E-state index in [0.29, 0.717) is 5.92 Å². The van der Waals surface area contributed by atoms with E-state index in [0.717, 1.165) is 19.4 Å². The Morgan fingerprint density at radius 3 is 2.82 bits per heavy atom. The molecule has 4 nitrogen and oxygen atoms in total. The van der Waals surface area contributed by atoms with Gasteiger partial charge in [0.25, 0.3) is 0 Å². The molecule has 3 heterocycles. The van der Waals surface area contributed by atoms with Crippen LogP contribution in [0.15, 0.2) is 6.20 Å². The summed E-state index contributed by atoms with van der Waals surface area (Å²) in [4.78, 5) is 7.15. The first-order valence-corrected chi connectivity index (χ1v) is 6.65. The van der Waals surface area contributed by atoms with Gasteiger partial charge >= 0.3 is 0 Å². The van der Waals surface area contributed by atoms with Gasteiger partial charge in [0, 0.05) is 25.1 Å². The third-order valence-electron chi connectivity index (χ3n) is 4.12. The first kappa shape index (κ1) is 11.2. The minimum absolute atomic E-state index is 0.179. The molecule has 94 valence electrons. The van der Waals surface area contributed by atoms with Gasteiger partial charge < -0.3 is 14.6 Å². The van der Waals surface area contributed by atoms with E-state index < -0.39 is 0 Å². The maximum absolute atomic E-state index is 9.65. The van der Waals surface area contributed by atoms with Crippen LogP contribution in [0.5, 0.6) is 0 Å². The van der Waals surface area contributed by atoms with E-state index in [-0.39, 0.29) is 6.10 Å². The van der Waals surface area contributed by atoms with Gasteiger partial charge in [-0.3, -0.25) is 0 Å². The van der Waals surface area contributed by atoms with Crippen LogP contribution in [-0.2, 0) is 13.0 Å². The van der Waals surface area contributed by atoms with Crippen LogP contribution in [0.2, 0.25) is 0 Å². The molecule has 1 saturated heterocycles. The molecule has 17 heavy (non-hydrogen) atoms. The molecule has 0 bridgehead atoms. The van der Waals surface area contributed by atoms with Gasteiger partial charge in [0.15, 0.2) is 0 Å². The number of nitrogens with zero attached hydrogens (tertiary/aromatic N) is 3. The maximum Gasteiger partial charge on any atom is 0.109 e. The molecule has 1 aromatic heterocycles. The number of hydrogen-bond acceptors (Lipinski definition) is 3. The summed E-state index contributed by atoms with van der Waals surface area (Å²) in [6.07, 6.45) is 6.22. The summed E-state index contributed by atoms with van der Waals surface area (Å²) in [7, 11) is 2.19. The molecule has 2 aliphatic heterocycles. The van der Waals surface area contributed by atoms with Gasteiger partial charge in [0.1, 0.15) is 5.82 Å². The Labute approximate surface area is 102 Å². The zero-order valence-electron chi connectivity index (χ0n) is 10.5. The second-order valence-electron chi connectivity index (χ2n) is 5.50. The van der Waals surface area contributed by atoms with Crippen molar-refractivity contribution >= 4 is 0 Å². The van der Waals surface area contributed by atoms with Crippen LogP contribution in [-0.4, -0.2) is 45.8 Å². The SMILES string of the molecule is CN1CCC(c2cn3c(n2)CCC(O)C3)CC1. The lowest BCUT2D eigenvalue weighted by Gasteiger charge is -2.27. The van der Waals surface area contributed by atoms with Crippen molar-refractivity contribution in [2.24, 2.45) is 0 Å². The summed E-state index contributed by atoms with van der Waals surface area (Å²) in [6.45, 7) is 3.08. The number of aromatic nitrogens is 2. The second kappa shape index (κ2) is 4.42. The number of aryl methyl sites for hydroxylation is 1. The van der Waals surface area contributed by atoms with Crippen LogP contribution < -0.4 is 0 Å². The van der Waals surface area contributed by atoms with Gasteiger partial charge in [-0.1, -0.05) is 0 Å². The normalized spacial score (nSPS) is 27.1. The van der Waals surface area contributed by atoms with Crippen molar-refractivity contribution in [2.45, 2.75) is 44.2 Å². The summed E-state index contributed by atoms with van der Waals surface area (Å²) in [5.74, 6) is 1.80. The lowest BCUT2D eigenvalue weighted by atomic mass is 9.94. The van der Waals surface area contributed by atoms with Crippen molar-refractivity contribution in [1.82, 2.24) is 14.5 Å². The fourth-order valence-corrected chi connectivity index (χ4v) is 2.95. The molecule has 1 aromatic rings. The number of rotatable bonds is 1. The van der Waals surface area contributed by atoms with Crippen LogP contribution in [0, 0.1) is 0 Å². The lowest BCUT2D eigenvalue weighted by Crippen LogP contribution is -2.29. The molecular weight excluding hydrogens is 214 g/mol. The number of hydrogen-bond donors (Lipinski definition) is 1. The molecule has 2 aliphatic rings. The van der Waals surface area contributed by atoms with Crippen molar-refractivity contribution in [1.29, 1.82) is 0 Å². The van der Waals surface area contributed by atoms with Gasteiger partial charge in [0.05, 0.1) is 11.8 Å². The molecule has 4 heteroatoms. The number of fused-ring (bicyclic) bond motifs is 1. The van der Waals surface area contributed by atoms with Crippen LogP contribution in [0.4, 0.5) is 0 Å². The molecule has 1 fully saturated rings. The van der Waals surface area contributed by atoms with Gasteiger partial charge in [0.2, 0.25) is 0 Å². The van der Waals surface area contributed by atoms with E-state index in [9.17, 15) is 5.11 Å². The molecular formula is C13H21N3O. The third-order valence-corrected chi connectivity index (χ3v) is 4.12. The topological polar surface area (TPSA) is 41.3 Å². The first-order valence-electron chi connectivity index (χ1n) is 6.65. The highest BCUT2D eigenvalue weighted by atomic mass is 16.3. The molecule has 0 amide bonds. The van der Waals surface area contributed by atoms with Crippen molar-refractivity contribution in [3.8, 4) is 0 Å². The number of piperidine rings is 1. The van der Waals surface area contributed by atoms with E-state index in [1.807, 2.05) is 0 Å². The highest BCUT2D eigenvalue weighted by Gasteiger charge is 2.24. The Morgan fingerprint density at radius 2 is 2.06 bits per heavy atom. The molecule has 0 spiro atoms. The minimum atomic E-state index is -0.179. The predicted molar refractivity (Wildman–Crippen MR) is 66.0 cm³/mol. The fourth-order valence-electron chi connectivity index (χ4n) is 2.95. The van der Waals surface area contributed by atoms with Crippen molar-refractivity contribution in [2.75, 3.05) is 20.1 Å². The molecule has 3 rings (SSSR count). The zero-order valence-corrected chi connectivity index (χ0v) is 10.5. The molecule has 0 aliphatic carbocycles. The molecule has 0 radical (unpaired) electrons. The largest absolute Gasteiger partial charge is 0.391 e. The van der Waals surface area contributed by atoms with Crippen LogP contribution in [0.1, 0.15) is 36.7 Å². The van der Waals surface area contributed by atoms with Crippen LogP contribution in [0.3, 0.4) is 0 Å². The molecule has 1 unspecified atom stereocenters. The number of aliphatic hydroxyl groups excluding tert-OH is 1. The Bertz CT molecular complexity index is 393. The van der Waals surface area contributed by atoms with Crippen LogP contribution >= 0.6 is 0 Å². The predicted octanol–water partition coefficient (Wildman–Crippen LogP) is 0.999. The minimum Gasteiger partial charge on any atom is -0.391 e. The molecule has 1 N–H and O–H groups in total. The second-order valence-corrected chi connectivity index (χ2v) is 5.50. The van der Waals surface area contributed by atoms with E-state index >= 15 is 0 Å². The molecule has 1 atom stereocenters. The summed E-state index contributed by atoms with van der Waals surface area (Å²) >= 11 is 0. The highest BCUT2D eigenvalue weighted by Crippen LogP contribution is 2.28. The Morgan fingerprint density at radius 1 is 1.29 bits per heavy atom. The summed E-state index contributed by atoms with van der Waals surface area (Å²) in [5, 5.41) is 9.65. The summed E-state index contributed by atoms with van der Waals surface area (Å²) in [6, 6.07) is 0. The smallest absolute Gasteiger partial charge is 0.109 e. The van der Waals surface area contributed by atoms with Gasteiger partial charge in [-0.15, -0.1) is 0 Å². The van der Waals surface area contributed by atoms with Gasteiger partial charge in [-0.2, -0.15) is 0 Å². The average molecular weight is 235 g/mol. The number of imidazole rings is 1. The number of likely N-dealkylation sites (tertiary alicyclic amines) is 1. The number of aliphatic hydroxyl groups is 1. The quantitative estimate of drug-likeness (QED) is 0.789. The van der Waals surface area contributed by atoms with Crippen molar-refractivity contribution in [3.63, 3.8) is 0 Å². The Hall–Kier alpha value is -0.870. The molecule has 0 aromatic carbocycles. The summed E-state index contributed by atoms with van der Waals surface area (Å²) in [5.41, 5.74) is 1.25. The maximum atomic E-state index is 9.65. The van der Waals surface area contributed by atoms with E-state index in [4.69, 9.17) is 4.98 Å². The van der Waals surface area contributed by atoms with Crippen molar-refractivity contribution < 1.29 is 5.11 Å². The van der Waals surface area contributed by atoms with E-state index in [1.165, 1.54) is 37.4 Å². The van der Waals surface area contributed by atoms with E-state index in [1.54, 1.807) is 0 Å². The summed E-state index contributed by atoms with van der Waals surface area (Å²) < 4.78 is 2.15. The standard InChI is InChI=1S/C13H21N3O/c1-15-6-4-10(5-7-15)12-9-16-8-11(17)2-3-13(16)14-12/h9-11,17H,2-8H2,1H3. The Kier molecular flexibility index (Phi) is 2.92. The van der Waals surface area contributed by atoms with Gasteiger partial charge in [-0.05, 0) is 39.4 Å². The van der Waals surface area contributed by atoms with Gasteiger partial charge in [-0.25, -0.2) is 4.98 Å². The van der Waals surface area contributed by atoms with Crippen molar-refractivity contribution in [3.05, 3.63) is 17.7 Å². The third kappa shape index (κ3) is 2.24.